The van der Waals surface area contributed by atoms with E-state index in [0.29, 0.717) is 38.5 Å². The third-order valence-corrected chi connectivity index (χ3v) is 12.2. The maximum atomic E-state index is 13.4. The summed E-state index contributed by atoms with van der Waals surface area (Å²) < 4.78 is 41.0. The standard InChI is InChI=1S/C32H37ClN2O6S/c33-24-8-10-26-20(13-24)4-2-12-32(26)18-35-15-22-6-9-25(22)28(36)5-1-3-23-16-40-17-30(23)42(38,39)34-31(37)21-7-11-29(41-19-32)27(35)14-21/h1,5,7-8,10-11,13-14,22-23,25,28,30,36H,2-4,6,9,12,15-19H2,(H,34,37)/b5-1+/t22-,23-,25+,28-,30+,32-/m0/s1. The molecule has 2 bridgehead atoms. The number of hydrogen-bond donors (Lipinski definition) is 2. The number of ether oxygens (including phenoxy) is 2. The van der Waals surface area contributed by atoms with E-state index in [1.807, 2.05) is 18.2 Å². The number of carbonyl (C=O) groups is 1. The number of nitrogens with zero attached hydrogens (tertiary/aromatic N) is 1. The van der Waals surface area contributed by atoms with Gasteiger partial charge in [0.1, 0.15) is 11.0 Å². The van der Waals surface area contributed by atoms with E-state index in [0.717, 1.165) is 42.8 Å². The van der Waals surface area contributed by atoms with Gasteiger partial charge in [0.2, 0.25) is 10.0 Å². The van der Waals surface area contributed by atoms with Gasteiger partial charge in [0.05, 0.1) is 31.6 Å². The minimum atomic E-state index is -3.99. The molecule has 2 N–H and O–H groups in total. The van der Waals surface area contributed by atoms with Crippen molar-refractivity contribution >= 4 is 33.2 Å². The SMILES string of the molecule is O=C1NS(=O)(=O)[C@@H]2COC[C@@H]2C/C=C/[C@H](O)[C@@H]2CC[C@H]2CN2C[C@@]3(CCCc4cc(Cl)ccc43)COc3ccc1cc32. The topological polar surface area (TPSA) is 105 Å². The average Bonchev–Trinajstić information content (AvgIpc) is 3.37. The van der Waals surface area contributed by atoms with Crippen LogP contribution in [0.1, 0.15) is 53.6 Å². The molecule has 5 aliphatic rings. The Balaban J connectivity index is 1.29. The van der Waals surface area contributed by atoms with Crippen LogP contribution in [0.15, 0.2) is 48.6 Å². The van der Waals surface area contributed by atoms with Gasteiger partial charge in [0, 0.05) is 35.0 Å². The highest BCUT2D eigenvalue weighted by atomic mass is 35.5. The molecule has 10 heteroatoms. The van der Waals surface area contributed by atoms with Gasteiger partial charge in [-0.2, -0.15) is 0 Å². The van der Waals surface area contributed by atoms with Gasteiger partial charge < -0.3 is 19.5 Å². The Hall–Kier alpha value is -2.59. The van der Waals surface area contributed by atoms with Crippen molar-refractivity contribution < 1.29 is 27.8 Å². The first-order chi connectivity index (χ1) is 20.2. The van der Waals surface area contributed by atoms with Crippen LogP contribution < -0.4 is 14.4 Å². The Morgan fingerprint density at radius 3 is 2.81 bits per heavy atom. The van der Waals surface area contributed by atoms with Crippen molar-refractivity contribution in [3.63, 3.8) is 0 Å². The smallest absolute Gasteiger partial charge is 0.264 e. The molecule has 1 spiro atoms. The summed E-state index contributed by atoms with van der Waals surface area (Å²) in [7, 11) is -3.99. The minimum absolute atomic E-state index is 0.0367. The van der Waals surface area contributed by atoms with Gasteiger partial charge in [0.25, 0.3) is 5.91 Å². The van der Waals surface area contributed by atoms with E-state index in [1.165, 1.54) is 11.1 Å². The molecule has 1 saturated carbocycles. The molecule has 2 aromatic rings. The highest BCUT2D eigenvalue weighted by Gasteiger charge is 2.45. The monoisotopic (exact) mass is 612 g/mol. The van der Waals surface area contributed by atoms with Gasteiger partial charge in [-0.1, -0.05) is 29.8 Å². The fourth-order valence-corrected chi connectivity index (χ4v) is 9.44. The molecule has 8 nitrogen and oxygen atoms in total. The maximum Gasteiger partial charge on any atom is 0.264 e. The lowest BCUT2D eigenvalue weighted by Crippen LogP contribution is -2.49. The van der Waals surface area contributed by atoms with Gasteiger partial charge >= 0.3 is 0 Å². The number of benzene rings is 2. The third kappa shape index (κ3) is 5.02. The maximum absolute atomic E-state index is 13.4. The fourth-order valence-electron chi connectivity index (χ4n) is 7.75. The highest BCUT2D eigenvalue weighted by molar-refractivity contribution is 7.90. The number of aliphatic hydroxyl groups excluding tert-OH is 1. The molecule has 3 heterocycles. The number of sulfonamides is 1. The number of halogens is 1. The Labute approximate surface area is 252 Å². The molecule has 224 valence electrons. The number of nitrogens with one attached hydrogen (secondary N) is 1. The van der Waals surface area contributed by atoms with Gasteiger partial charge in [-0.15, -0.1) is 0 Å². The Morgan fingerprint density at radius 2 is 1.98 bits per heavy atom. The number of anilines is 1. The first-order valence-electron chi connectivity index (χ1n) is 15.0. The van der Waals surface area contributed by atoms with E-state index in [-0.39, 0.29) is 35.3 Å². The van der Waals surface area contributed by atoms with Crippen LogP contribution in [-0.4, -0.2) is 63.7 Å². The van der Waals surface area contributed by atoms with E-state index in [2.05, 4.69) is 21.8 Å². The molecule has 42 heavy (non-hydrogen) atoms. The van der Waals surface area contributed by atoms with Crippen molar-refractivity contribution in [1.82, 2.24) is 4.72 Å². The summed E-state index contributed by atoms with van der Waals surface area (Å²) in [6, 6.07) is 11.3. The van der Waals surface area contributed by atoms with E-state index >= 15 is 0 Å². The molecule has 0 aromatic heterocycles. The summed E-state index contributed by atoms with van der Waals surface area (Å²) in [4.78, 5) is 15.7. The molecule has 2 aromatic carbocycles. The quantitative estimate of drug-likeness (QED) is 0.429. The second-order valence-corrected chi connectivity index (χ2v) is 15.1. The number of allylic oxidation sites excluding steroid dienone is 1. The van der Waals surface area contributed by atoms with Gasteiger partial charge in [-0.05, 0) is 91.8 Å². The van der Waals surface area contributed by atoms with Crippen LogP contribution in [0.2, 0.25) is 5.02 Å². The molecule has 1 amide bonds. The molecule has 2 aliphatic carbocycles. The molecular formula is C32H37ClN2O6S. The van der Waals surface area contributed by atoms with Crippen molar-refractivity contribution in [1.29, 1.82) is 0 Å². The Morgan fingerprint density at radius 1 is 1.10 bits per heavy atom. The van der Waals surface area contributed by atoms with Crippen LogP contribution in [0.5, 0.6) is 5.75 Å². The third-order valence-electron chi connectivity index (χ3n) is 10.2. The van der Waals surface area contributed by atoms with Gasteiger partial charge in [-0.3, -0.25) is 4.79 Å². The summed E-state index contributed by atoms with van der Waals surface area (Å²) in [6.45, 7) is 2.23. The van der Waals surface area contributed by atoms with E-state index < -0.39 is 27.3 Å². The van der Waals surface area contributed by atoms with Crippen LogP contribution in [0.4, 0.5) is 5.69 Å². The van der Waals surface area contributed by atoms with E-state index in [9.17, 15) is 18.3 Å². The Bertz CT molecular complexity index is 1530. The van der Waals surface area contributed by atoms with Crippen LogP contribution in [-0.2, 0) is 26.6 Å². The van der Waals surface area contributed by atoms with Crippen LogP contribution >= 0.6 is 11.6 Å². The second-order valence-electron chi connectivity index (χ2n) is 12.8. The molecule has 0 unspecified atom stereocenters. The van der Waals surface area contributed by atoms with Crippen molar-refractivity contribution in [3.8, 4) is 5.75 Å². The van der Waals surface area contributed by atoms with Crippen molar-refractivity contribution in [2.24, 2.45) is 17.8 Å². The molecule has 2 fully saturated rings. The first kappa shape index (κ1) is 28.2. The number of aliphatic hydroxyl groups is 1. The van der Waals surface area contributed by atoms with Crippen molar-refractivity contribution in [2.45, 2.75) is 55.3 Å². The first-order valence-corrected chi connectivity index (χ1v) is 16.9. The van der Waals surface area contributed by atoms with E-state index in [4.69, 9.17) is 21.1 Å². The van der Waals surface area contributed by atoms with Crippen LogP contribution in [0.25, 0.3) is 0 Å². The molecular weight excluding hydrogens is 576 g/mol. The number of rotatable bonds is 0. The normalized spacial score (nSPS) is 34.6. The largest absolute Gasteiger partial charge is 0.490 e. The van der Waals surface area contributed by atoms with Crippen molar-refractivity contribution in [2.75, 3.05) is 37.8 Å². The van der Waals surface area contributed by atoms with Crippen LogP contribution in [0.3, 0.4) is 0 Å². The van der Waals surface area contributed by atoms with E-state index in [1.54, 1.807) is 18.2 Å². The minimum Gasteiger partial charge on any atom is -0.490 e. The molecule has 6 atom stereocenters. The van der Waals surface area contributed by atoms with Gasteiger partial charge in [0.15, 0.2) is 0 Å². The average molecular weight is 613 g/mol. The summed E-state index contributed by atoms with van der Waals surface area (Å²) in [5.41, 5.74) is 3.29. The molecule has 1 saturated heterocycles. The zero-order chi connectivity index (χ0) is 29.1. The predicted octanol–water partition coefficient (Wildman–Crippen LogP) is 4.23. The summed E-state index contributed by atoms with van der Waals surface area (Å²) in [6.07, 6.45) is 8.47. The summed E-state index contributed by atoms with van der Waals surface area (Å²) >= 11 is 6.38. The lowest BCUT2D eigenvalue weighted by molar-refractivity contribution is 0.0455. The second kappa shape index (κ2) is 10.8. The fraction of sp³-hybridized carbons (Fsp3) is 0.531. The highest BCUT2D eigenvalue weighted by Crippen LogP contribution is 2.46. The lowest BCUT2D eigenvalue weighted by atomic mass is 9.68. The molecule has 0 radical (unpaired) electrons. The molecule has 3 aliphatic heterocycles. The zero-order valence-corrected chi connectivity index (χ0v) is 25.1. The molecule has 7 rings (SSSR count). The number of hydrogen-bond acceptors (Lipinski definition) is 7. The van der Waals surface area contributed by atoms with Gasteiger partial charge in [-0.25, -0.2) is 13.1 Å². The van der Waals surface area contributed by atoms with Crippen molar-refractivity contribution in [3.05, 3.63) is 70.3 Å². The Kier molecular flexibility index (Phi) is 7.28. The number of carbonyl (C=O) groups excluding carboxylic acids is 1. The predicted molar refractivity (Wildman–Crippen MR) is 161 cm³/mol. The zero-order valence-electron chi connectivity index (χ0n) is 23.5. The lowest BCUT2D eigenvalue weighted by Gasteiger charge is -2.45. The summed E-state index contributed by atoms with van der Waals surface area (Å²) in [5, 5.41) is 11.0. The summed E-state index contributed by atoms with van der Waals surface area (Å²) in [5.74, 6) is 0.119. The number of fused-ring (bicyclic) bond motifs is 5. The number of amides is 1. The van der Waals surface area contributed by atoms with Crippen LogP contribution in [0, 0.1) is 17.8 Å². The number of aryl methyl sites for hydroxylation is 1.